The maximum Gasteiger partial charge on any atom is 0.213 e. The van der Waals surface area contributed by atoms with Gasteiger partial charge in [-0.05, 0) is 23.6 Å². The summed E-state index contributed by atoms with van der Waals surface area (Å²) < 4.78 is 5.04. The van der Waals surface area contributed by atoms with Gasteiger partial charge < -0.3 is 15.4 Å². The summed E-state index contributed by atoms with van der Waals surface area (Å²) in [5.74, 6) is 0.632. The van der Waals surface area contributed by atoms with E-state index in [0.717, 1.165) is 25.2 Å². The number of aromatic nitrogens is 1. The zero-order valence-corrected chi connectivity index (χ0v) is 10.9. The Hall–Kier alpha value is -2.23. The van der Waals surface area contributed by atoms with E-state index in [1.807, 2.05) is 12.1 Å². The van der Waals surface area contributed by atoms with Gasteiger partial charge in [0.05, 0.1) is 19.0 Å². The highest BCUT2D eigenvalue weighted by atomic mass is 16.5. The van der Waals surface area contributed by atoms with Crippen molar-refractivity contribution in [3.63, 3.8) is 0 Å². The Balaban J connectivity index is 1.70. The van der Waals surface area contributed by atoms with Crippen molar-refractivity contribution in [2.45, 2.75) is 13.0 Å². The maximum atomic E-state index is 5.04. The van der Waals surface area contributed by atoms with Crippen LogP contribution in [-0.2, 0) is 13.0 Å². The number of para-hydroxylation sites is 1. The van der Waals surface area contributed by atoms with Gasteiger partial charge in [-0.2, -0.15) is 0 Å². The molecule has 0 saturated carbocycles. The van der Waals surface area contributed by atoms with Crippen LogP contribution in [0.2, 0.25) is 0 Å². The zero-order chi connectivity index (χ0) is 13.1. The Morgan fingerprint density at radius 2 is 2.26 bits per heavy atom. The van der Waals surface area contributed by atoms with Crippen LogP contribution in [0.25, 0.3) is 0 Å². The van der Waals surface area contributed by atoms with Gasteiger partial charge >= 0.3 is 0 Å². The lowest BCUT2D eigenvalue weighted by Gasteiger charge is -2.11. The second-order valence-electron chi connectivity index (χ2n) is 4.57. The van der Waals surface area contributed by atoms with Crippen LogP contribution in [0.15, 0.2) is 36.5 Å². The summed E-state index contributed by atoms with van der Waals surface area (Å²) >= 11 is 0. The van der Waals surface area contributed by atoms with Crippen LogP contribution < -0.4 is 15.4 Å². The molecule has 2 heterocycles. The summed E-state index contributed by atoms with van der Waals surface area (Å²) in [6.07, 6.45) is 2.91. The van der Waals surface area contributed by atoms with Gasteiger partial charge in [-0.15, -0.1) is 0 Å². The summed E-state index contributed by atoms with van der Waals surface area (Å²) in [6.45, 7) is 1.83. The second-order valence-corrected chi connectivity index (χ2v) is 4.57. The van der Waals surface area contributed by atoms with E-state index in [1.165, 1.54) is 16.8 Å². The number of rotatable bonds is 4. The van der Waals surface area contributed by atoms with E-state index in [1.54, 1.807) is 13.3 Å². The predicted octanol–water partition coefficient (Wildman–Crippen LogP) is 2.67. The normalized spacial score (nSPS) is 12.7. The first-order valence-electron chi connectivity index (χ1n) is 6.45. The van der Waals surface area contributed by atoms with E-state index in [-0.39, 0.29) is 0 Å². The highest BCUT2D eigenvalue weighted by molar-refractivity contribution is 5.62. The average molecular weight is 255 g/mol. The van der Waals surface area contributed by atoms with E-state index >= 15 is 0 Å². The lowest BCUT2D eigenvalue weighted by molar-refractivity contribution is 0.398. The van der Waals surface area contributed by atoms with E-state index in [0.29, 0.717) is 5.88 Å². The van der Waals surface area contributed by atoms with Gasteiger partial charge in [0.25, 0.3) is 0 Å². The highest BCUT2D eigenvalue weighted by Crippen LogP contribution is 2.27. The first kappa shape index (κ1) is 11.8. The number of pyridine rings is 1. The van der Waals surface area contributed by atoms with Crippen LogP contribution in [0, 0.1) is 0 Å². The average Bonchev–Trinajstić information content (AvgIpc) is 2.94. The summed E-state index contributed by atoms with van der Waals surface area (Å²) in [4.78, 5) is 4.18. The molecule has 0 bridgehead atoms. The number of methoxy groups -OCH3 is 1. The predicted molar refractivity (Wildman–Crippen MR) is 76.8 cm³/mol. The fraction of sp³-hybridized carbons (Fsp3) is 0.267. The van der Waals surface area contributed by atoms with Crippen LogP contribution in [-0.4, -0.2) is 18.6 Å². The van der Waals surface area contributed by atoms with Crippen LogP contribution >= 0.6 is 0 Å². The zero-order valence-electron chi connectivity index (χ0n) is 10.9. The molecular weight excluding hydrogens is 238 g/mol. The van der Waals surface area contributed by atoms with E-state index < -0.39 is 0 Å². The van der Waals surface area contributed by atoms with Crippen LogP contribution in [0.1, 0.15) is 11.1 Å². The van der Waals surface area contributed by atoms with Crippen molar-refractivity contribution in [2.75, 3.05) is 24.3 Å². The van der Waals surface area contributed by atoms with Crippen molar-refractivity contribution in [2.24, 2.45) is 0 Å². The molecule has 19 heavy (non-hydrogen) atoms. The quantitative estimate of drug-likeness (QED) is 0.881. The molecule has 0 spiro atoms. The van der Waals surface area contributed by atoms with Gasteiger partial charge in [0.1, 0.15) is 0 Å². The lowest BCUT2D eigenvalue weighted by Crippen LogP contribution is -2.03. The summed E-state index contributed by atoms with van der Waals surface area (Å²) in [5, 5.41) is 6.83. The number of benzene rings is 1. The fourth-order valence-corrected chi connectivity index (χ4v) is 2.36. The molecule has 2 N–H and O–H groups in total. The monoisotopic (exact) mass is 255 g/mol. The lowest BCUT2D eigenvalue weighted by atomic mass is 10.1. The van der Waals surface area contributed by atoms with Crippen molar-refractivity contribution >= 4 is 11.4 Å². The molecule has 3 rings (SSSR count). The molecule has 4 nitrogen and oxygen atoms in total. The van der Waals surface area contributed by atoms with Crippen molar-refractivity contribution < 1.29 is 4.74 Å². The second kappa shape index (κ2) is 5.18. The minimum Gasteiger partial charge on any atom is -0.481 e. The van der Waals surface area contributed by atoms with Crippen LogP contribution in [0.4, 0.5) is 11.4 Å². The molecule has 2 aromatic rings. The topological polar surface area (TPSA) is 46.2 Å². The number of nitrogens with zero attached hydrogens (tertiary/aromatic N) is 1. The summed E-state index contributed by atoms with van der Waals surface area (Å²) in [7, 11) is 1.62. The first-order valence-corrected chi connectivity index (χ1v) is 6.45. The van der Waals surface area contributed by atoms with E-state index in [2.05, 4.69) is 33.8 Å². The molecule has 0 amide bonds. The first-order chi connectivity index (χ1) is 9.36. The number of nitrogens with one attached hydrogen (secondary N) is 2. The molecule has 0 saturated heterocycles. The molecule has 1 aliphatic rings. The molecular formula is C15H17N3O. The molecule has 0 atom stereocenters. The molecule has 4 heteroatoms. The number of hydrogen-bond acceptors (Lipinski definition) is 4. The number of ether oxygens (including phenoxy) is 1. The van der Waals surface area contributed by atoms with Gasteiger partial charge in [0.2, 0.25) is 5.88 Å². The third-order valence-corrected chi connectivity index (χ3v) is 3.36. The summed E-state index contributed by atoms with van der Waals surface area (Å²) in [5.41, 5.74) is 4.99. The highest BCUT2D eigenvalue weighted by Gasteiger charge is 2.12. The van der Waals surface area contributed by atoms with E-state index in [9.17, 15) is 0 Å². The minimum absolute atomic E-state index is 0.632. The van der Waals surface area contributed by atoms with Crippen molar-refractivity contribution in [1.29, 1.82) is 0 Å². The Morgan fingerprint density at radius 1 is 1.32 bits per heavy atom. The number of fused-ring (bicyclic) bond motifs is 1. The van der Waals surface area contributed by atoms with Gasteiger partial charge in [-0.3, -0.25) is 0 Å². The Labute approximate surface area is 112 Å². The Bertz CT molecular complexity index is 566. The largest absolute Gasteiger partial charge is 0.481 e. The SMILES string of the molecule is COc1ccc(NCc2cccc3c2NCC3)cn1. The van der Waals surface area contributed by atoms with Crippen molar-refractivity contribution in [3.05, 3.63) is 47.7 Å². The van der Waals surface area contributed by atoms with Gasteiger partial charge in [0, 0.05) is 24.8 Å². The maximum absolute atomic E-state index is 5.04. The molecule has 0 unspecified atom stereocenters. The van der Waals surface area contributed by atoms with Gasteiger partial charge in [-0.1, -0.05) is 18.2 Å². The third kappa shape index (κ3) is 2.47. The molecule has 0 aliphatic carbocycles. The molecule has 98 valence electrons. The van der Waals surface area contributed by atoms with Gasteiger partial charge in [0.15, 0.2) is 0 Å². The van der Waals surface area contributed by atoms with E-state index in [4.69, 9.17) is 4.74 Å². The molecule has 0 fully saturated rings. The number of hydrogen-bond donors (Lipinski definition) is 2. The van der Waals surface area contributed by atoms with Crippen LogP contribution in [0.5, 0.6) is 5.88 Å². The fourth-order valence-electron chi connectivity index (χ4n) is 2.36. The van der Waals surface area contributed by atoms with Crippen molar-refractivity contribution in [1.82, 2.24) is 4.98 Å². The van der Waals surface area contributed by atoms with Crippen LogP contribution in [0.3, 0.4) is 0 Å². The Kier molecular flexibility index (Phi) is 3.23. The standard InChI is InChI=1S/C15H17N3O/c1-19-14-6-5-13(10-18-14)17-9-12-4-2-3-11-7-8-16-15(11)12/h2-6,10,16-17H,7-9H2,1H3. The molecule has 1 aliphatic heterocycles. The smallest absolute Gasteiger partial charge is 0.213 e. The van der Waals surface area contributed by atoms with Crippen molar-refractivity contribution in [3.8, 4) is 5.88 Å². The summed E-state index contributed by atoms with van der Waals surface area (Å²) in [6, 6.07) is 10.3. The molecule has 0 radical (unpaired) electrons. The van der Waals surface area contributed by atoms with Gasteiger partial charge in [-0.25, -0.2) is 4.98 Å². The molecule has 1 aromatic carbocycles. The third-order valence-electron chi connectivity index (χ3n) is 3.36. The Morgan fingerprint density at radius 3 is 3.05 bits per heavy atom. The minimum atomic E-state index is 0.632. The molecule has 1 aromatic heterocycles. The number of anilines is 2.